The van der Waals surface area contributed by atoms with Crippen LogP contribution >= 0.6 is 11.9 Å². The number of nitrogens with zero attached hydrogens (tertiary/aromatic N) is 1. The van der Waals surface area contributed by atoms with Crippen molar-refractivity contribution in [3.05, 3.63) is 0 Å². The smallest absolute Gasteiger partial charge is 0.0979 e. The van der Waals surface area contributed by atoms with Gasteiger partial charge in [-0.05, 0) is 6.42 Å². The molecule has 0 unspecified atom stereocenters. The van der Waals surface area contributed by atoms with Crippen molar-refractivity contribution in [2.45, 2.75) is 13.3 Å². The highest BCUT2D eigenvalue weighted by Gasteiger charge is 1.92. The molecular weight excluding hydrogens is 154 g/mol. The normalized spacial score (nSPS) is 10.2. The van der Waals surface area contributed by atoms with Gasteiger partial charge >= 0.3 is 0 Å². The average molecular weight is 171 g/mol. The number of hydrogen-bond donors (Lipinski definition) is 1. The van der Waals surface area contributed by atoms with E-state index in [-0.39, 0.29) is 4.65 Å². The highest BCUT2D eigenvalue weighted by Crippen LogP contribution is 1.80. The van der Waals surface area contributed by atoms with Gasteiger partial charge in [-0.25, -0.2) is 5.21 Å². The van der Waals surface area contributed by atoms with Gasteiger partial charge in [-0.3, -0.25) is 4.29 Å². The van der Waals surface area contributed by atoms with E-state index in [9.17, 15) is 0 Å². The van der Waals surface area contributed by atoms with E-state index in [0.29, 0.717) is 6.61 Å². The molecule has 0 aromatic carbocycles. The zero-order valence-electron chi connectivity index (χ0n) is 7.09. The Bertz CT molecular complexity index is 55.3. The van der Waals surface area contributed by atoms with Crippen LogP contribution in [-0.4, -0.2) is 37.6 Å². The Morgan fingerprint density at radius 3 is 1.70 bits per heavy atom. The van der Waals surface area contributed by atoms with Crippen LogP contribution in [0.25, 0.3) is 0 Å². The number of rotatable bonds is 2. The van der Waals surface area contributed by atoms with E-state index in [2.05, 4.69) is 4.29 Å². The van der Waals surface area contributed by atoms with Crippen molar-refractivity contribution in [1.82, 2.24) is 0 Å². The Balaban J connectivity index is 0. The fraction of sp³-hybridized carbons (Fsp3) is 1.00. The first-order chi connectivity index (χ1) is 4.41. The summed E-state index contributed by atoms with van der Waals surface area (Å²) in [6, 6.07) is 0. The summed E-state index contributed by atoms with van der Waals surface area (Å²) in [6.07, 6.45) is 0.990. The standard InChI is InChI=1S/C3H7ClO.C3H10NO/c1-2-3-5-4;1-4(2,3)5/h2-3H2,1H3;5H,1-3H3/q;+1. The van der Waals surface area contributed by atoms with E-state index in [0.717, 1.165) is 6.42 Å². The van der Waals surface area contributed by atoms with E-state index < -0.39 is 0 Å². The third kappa shape index (κ3) is 89.2. The largest absolute Gasteiger partial charge is 0.279 e. The molecule has 0 atom stereocenters. The minimum absolute atomic E-state index is 0. The Hall–Kier alpha value is 0.170. The highest BCUT2D eigenvalue weighted by atomic mass is 35.5. The summed E-state index contributed by atoms with van der Waals surface area (Å²) in [7, 11) is 5.04. The van der Waals surface area contributed by atoms with Gasteiger partial charge in [0.05, 0.1) is 39.6 Å². The molecule has 0 saturated carbocycles. The molecule has 1 N–H and O–H groups in total. The first kappa shape index (κ1) is 12.8. The van der Waals surface area contributed by atoms with Crippen molar-refractivity contribution in [2.75, 3.05) is 27.7 Å². The molecule has 0 aromatic heterocycles. The van der Waals surface area contributed by atoms with Crippen LogP contribution in [0.15, 0.2) is 0 Å². The molecule has 0 radical (unpaired) electrons. The maximum atomic E-state index is 8.46. The third-order valence-electron chi connectivity index (χ3n) is 0.281. The van der Waals surface area contributed by atoms with Crippen molar-refractivity contribution >= 4 is 11.9 Å². The summed E-state index contributed by atoms with van der Waals surface area (Å²) in [4.78, 5) is 0. The third-order valence-corrected chi connectivity index (χ3v) is 0.436. The molecule has 0 rings (SSSR count). The van der Waals surface area contributed by atoms with Gasteiger partial charge < -0.3 is 0 Å². The van der Waals surface area contributed by atoms with Crippen LogP contribution in [0.4, 0.5) is 0 Å². The van der Waals surface area contributed by atoms with Gasteiger partial charge in [0, 0.05) is 0 Å². The van der Waals surface area contributed by atoms with Gasteiger partial charge in [0.25, 0.3) is 0 Å². The van der Waals surface area contributed by atoms with E-state index in [1.807, 2.05) is 6.92 Å². The summed E-state index contributed by atoms with van der Waals surface area (Å²) in [5.74, 6) is 0. The molecular formula is C6H17ClNO2+. The molecule has 0 aromatic rings. The molecule has 64 valence electrons. The molecule has 0 bridgehead atoms. The second kappa shape index (κ2) is 7.28. The fourth-order valence-corrected chi connectivity index (χ4v) is 0.231. The second-order valence-corrected chi connectivity index (χ2v) is 2.97. The molecule has 0 aliphatic heterocycles. The van der Waals surface area contributed by atoms with Crippen molar-refractivity contribution in [1.29, 1.82) is 0 Å². The SMILES string of the molecule is CCCOCl.C[N+](C)(C)O. The molecule has 10 heavy (non-hydrogen) atoms. The van der Waals surface area contributed by atoms with Gasteiger partial charge in [-0.15, -0.1) is 0 Å². The molecule has 0 aliphatic carbocycles. The van der Waals surface area contributed by atoms with Gasteiger partial charge in [0.15, 0.2) is 0 Å². The minimum atomic E-state index is 0. The van der Waals surface area contributed by atoms with Crippen LogP contribution in [0.3, 0.4) is 0 Å². The highest BCUT2D eigenvalue weighted by molar-refractivity contribution is 6.07. The Labute approximate surface area is 67.9 Å². The molecule has 0 aliphatic rings. The van der Waals surface area contributed by atoms with Crippen molar-refractivity contribution in [2.24, 2.45) is 0 Å². The number of quaternary nitrogens is 1. The number of hydroxylamine groups is 3. The lowest BCUT2D eigenvalue weighted by atomic mass is 10.5. The van der Waals surface area contributed by atoms with Crippen LogP contribution in [0.2, 0.25) is 0 Å². The predicted octanol–water partition coefficient (Wildman–Crippen LogP) is 1.65. The van der Waals surface area contributed by atoms with E-state index >= 15 is 0 Å². The lowest BCUT2D eigenvalue weighted by molar-refractivity contribution is -1.06. The van der Waals surface area contributed by atoms with E-state index in [1.165, 1.54) is 0 Å². The molecule has 0 fully saturated rings. The zero-order valence-corrected chi connectivity index (χ0v) is 7.85. The number of halogens is 1. The quantitative estimate of drug-likeness (QED) is 0.505. The van der Waals surface area contributed by atoms with Crippen molar-refractivity contribution in [3.8, 4) is 0 Å². The Morgan fingerprint density at radius 2 is 1.70 bits per heavy atom. The van der Waals surface area contributed by atoms with E-state index in [1.54, 1.807) is 21.1 Å². The van der Waals surface area contributed by atoms with Crippen LogP contribution < -0.4 is 0 Å². The second-order valence-electron chi connectivity index (χ2n) is 2.75. The maximum absolute atomic E-state index is 8.46. The molecule has 0 amide bonds. The van der Waals surface area contributed by atoms with Crippen LogP contribution in [0.1, 0.15) is 13.3 Å². The molecule has 4 heteroatoms. The van der Waals surface area contributed by atoms with E-state index in [4.69, 9.17) is 17.1 Å². The minimum Gasteiger partial charge on any atom is -0.279 e. The van der Waals surface area contributed by atoms with Crippen LogP contribution in [-0.2, 0) is 4.29 Å². The Kier molecular flexibility index (Phi) is 9.33. The molecule has 0 spiro atoms. The fourth-order valence-electron chi connectivity index (χ4n) is 0.0772. The zero-order chi connectivity index (χ0) is 8.62. The van der Waals surface area contributed by atoms with Crippen LogP contribution in [0, 0.1) is 0 Å². The predicted molar refractivity (Wildman–Crippen MR) is 41.9 cm³/mol. The lowest BCUT2D eigenvalue weighted by Crippen LogP contribution is -2.28. The maximum Gasteiger partial charge on any atom is 0.0979 e. The topological polar surface area (TPSA) is 29.5 Å². The number of hydrogen-bond acceptors (Lipinski definition) is 2. The summed E-state index contributed by atoms with van der Waals surface area (Å²) >= 11 is 4.80. The first-order valence-electron chi connectivity index (χ1n) is 3.19. The molecule has 3 nitrogen and oxygen atoms in total. The first-order valence-corrected chi connectivity index (χ1v) is 3.50. The van der Waals surface area contributed by atoms with Gasteiger partial charge in [-0.1, -0.05) is 6.92 Å². The summed E-state index contributed by atoms with van der Waals surface area (Å²) in [5, 5.41) is 8.46. The summed E-state index contributed by atoms with van der Waals surface area (Å²) < 4.78 is 4.16. The van der Waals surface area contributed by atoms with Gasteiger partial charge in [0.1, 0.15) is 0 Å². The summed E-state index contributed by atoms with van der Waals surface area (Å²) in [6.45, 7) is 2.66. The monoisotopic (exact) mass is 170 g/mol. The average Bonchev–Trinajstić information content (AvgIpc) is 1.63. The van der Waals surface area contributed by atoms with Crippen LogP contribution in [0.5, 0.6) is 0 Å². The lowest BCUT2D eigenvalue weighted by Gasteiger charge is -2.09. The Morgan fingerprint density at radius 1 is 1.40 bits per heavy atom. The summed E-state index contributed by atoms with van der Waals surface area (Å²) in [5.41, 5.74) is 0. The van der Waals surface area contributed by atoms with Gasteiger partial charge in [0.2, 0.25) is 0 Å². The molecule has 0 saturated heterocycles. The van der Waals surface area contributed by atoms with Crippen molar-refractivity contribution in [3.63, 3.8) is 0 Å². The van der Waals surface area contributed by atoms with Crippen molar-refractivity contribution < 1.29 is 14.1 Å². The molecule has 0 heterocycles. The van der Waals surface area contributed by atoms with Gasteiger partial charge in [-0.2, -0.15) is 4.65 Å².